The lowest BCUT2D eigenvalue weighted by atomic mass is 9.96. The van der Waals surface area contributed by atoms with Gasteiger partial charge < -0.3 is 4.74 Å². The van der Waals surface area contributed by atoms with Gasteiger partial charge in [-0.1, -0.05) is 45.7 Å². The van der Waals surface area contributed by atoms with Gasteiger partial charge in [-0.3, -0.25) is 0 Å². The third-order valence-electron chi connectivity index (χ3n) is 3.89. The Kier molecular flexibility index (Phi) is 3.79. The van der Waals surface area contributed by atoms with Crippen molar-refractivity contribution in [1.29, 1.82) is 0 Å². The molecule has 1 nitrogen and oxygen atoms in total. The zero-order valence-corrected chi connectivity index (χ0v) is 14.8. The first-order chi connectivity index (χ1) is 9.85. The number of ether oxygens (including phenoxy) is 1. The molecule has 0 fully saturated rings. The minimum Gasteiger partial charge on any atom is -0.487 e. The third-order valence-corrected chi connectivity index (χ3v) is 5.15. The summed E-state index contributed by atoms with van der Waals surface area (Å²) < 4.78 is 5.94. The van der Waals surface area contributed by atoms with Crippen LogP contribution >= 0.6 is 27.5 Å². The Labute approximate surface area is 139 Å². The molecule has 2 aromatic carbocycles. The van der Waals surface area contributed by atoms with E-state index in [-0.39, 0.29) is 10.4 Å². The van der Waals surface area contributed by atoms with Crippen molar-refractivity contribution in [2.24, 2.45) is 0 Å². The lowest BCUT2D eigenvalue weighted by Gasteiger charge is -2.16. The molecule has 1 atom stereocenters. The summed E-state index contributed by atoms with van der Waals surface area (Å²) in [5.41, 5.74) is 4.86. The van der Waals surface area contributed by atoms with Crippen LogP contribution in [-0.2, 0) is 6.42 Å². The van der Waals surface area contributed by atoms with E-state index in [0.29, 0.717) is 0 Å². The average Bonchev–Trinajstić information content (AvgIpc) is 2.73. The molecule has 21 heavy (non-hydrogen) atoms. The van der Waals surface area contributed by atoms with Crippen molar-refractivity contribution < 1.29 is 4.74 Å². The zero-order chi connectivity index (χ0) is 15.2. The maximum absolute atomic E-state index is 6.14. The summed E-state index contributed by atoms with van der Waals surface area (Å²) in [7, 11) is 0. The Morgan fingerprint density at radius 2 is 1.95 bits per heavy atom. The minimum absolute atomic E-state index is 0.102. The van der Waals surface area contributed by atoms with Crippen molar-refractivity contribution in [1.82, 2.24) is 0 Å². The summed E-state index contributed by atoms with van der Waals surface area (Å²) in [5, 5.41) is 0.769. The fourth-order valence-electron chi connectivity index (χ4n) is 2.85. The summed E-state index contributed by atoms with van der Waals surface area (Å²) in [4.78, 5) is 0.144. The Morgan fingerprint density at radius 1 is 1.19 bits per heavy atom. The first kappa shape index (κ1) is 14.9. The van der Waals surface area contributed by atoms with Crippen molar-refractivity contribution in [3.63, 3.8) is 0 Å². The molecule has 1 aliphatic heterocycles. The molecular formula is C18H18BrClO. The standard InChI is InChI=1S/C18H18BrClO/c1-11-4-6-14(20)9-15(11)17(19)12-5-7-16-13(8-12)10-18(2,3)21-16/h4-9,17H,10H2,1-3H3. The lowest BCUT2D eigenvalue weighted by Crippen LogP contribution is -2.24. The van der Waals surface area contributed by atoms with Crippen LogP contribution in [0.25, 0.3) is 0 Å². The van der Waals surface area contributed by atoms with E-state index in [1.165, 1.54) is 22.3 Å². The molecule has 3 heteroatoms. The molecule has 0 aromatic heterocycles. The van der Waals surface area contributed by atoms with E-state index in [4.69, 9.17) is 16.3 Å². The van der Waals surface area contributed by atoms with Crippen molar-refractivity contribution in [3.8, 4) is 5.75 Å². The van der Waals surface area contributed by atoms with Crippen LogP contribution in [-0.4, -0.2) is 5.60 Å². The molecule has 110 valence electrons. The highest BCUT2D eigenvalue weighted by Gasteiger charge is 2.30. The fourth-order valence-corrected chi connectivity index (χ4v) is 3.81. The van der Waals surface area contributed by atoms with E-state index in [9.17, 15) is 0 Å². The van der Waals surface area contributed by atoms with Crippen molar-refractivity contribution in [3.05, 3.63) is 63.7 Å². The summed E-state index contributed by atoms with van der Waals surface area (Å²) in [5.74, 6) is 1.01. The van der Waals surface area contributed by atoms with Gasteiger partial charge in [0.2, 0.25) is 0 Å². The van der Waals surface area contributed by atoms with E-state index < -0.39 is 0 Å². The number of alkyl halides is 1. The first-order valence-electron chi connectivity index (χ1n) is 7.08. The maximum Gasteiger partial charge on any atom is 0.123 e. The highest BCUT2D eigenvalue weighted by Crippen LogP contribution is 2.40. The SMILES string of the molecule is Cc1ccc(Cl)cc1C(Br)c1ccc2c(c1)CC(C)(C)O2. The quantitative estimate of drug-likeness (QED) is 0.607. The number of fused-ring (bicyclic) bond motifs is 1. The Bertz CT molecular complexity index is 694. The van der Waals surface area contributed by atoms with E-state index >= 15 is 0 Å². The van der Waals surface area contributed by atoms with Crippen LogP contribution in [0.1, 0.15) is 40.9 Å². The molecule has 0 N–H and O–H groups in total. The number of halogens is 2. The maximum atomic E-state index is 6.14. The number of hydrogen-bond acceptors (Lipinski definition) is 1. The number of hydrogen-bond donors (Lipinski definition) is 0. The molecule has 1 unspecified atom stereocenters. The van der Waals surface area contributed by atoms with Crippen LogP contribution in [0.2, 0.25) is 5.02 Å². The Morgan fingerprint density at radius 3 is 2.71 bits per heavy atom. The molecule has 0 amide bonds. The minimum atomic E-state index is -0.102. The summed E-state index contributed by atoms with van der Waals surface area (Å²) in [6.45, 7) is 6.36. The van der Waals surface area contributed by atoms with Crippen molar-refractivity contribution in [2.45, 2.75) is 37.6 Å². The monoisotopic (exact) mass is 364 g/mol. The third kappa shape index (κ3) is 2.97. The molecule has 0 bridgehead atoms. The number of benzene rings is 2. The molecule has 1 heterocycles. The predicted molar refractivity (Wildman–Crippen MR) is 91.8 cm³/mol. The second-order valence-corrected chi connectivity index (χ2v) is 7.62. The second kappa shape index (κ2) is 5.33. The van der Waals surface area contributed by atoms with Crippen LogP contribution in [0.4, 0.5) is 0 Å². The van der Waals surface area contributed by atoms with Gasteiger partial charge in [0.25, 0.3) is 0 Å². The molecule has 0 aliphatic carbocycles. The van der Waals surface area contributed by atoms with Gasteiger partial charge in [-0.15, -0.1) is 0 Å². The van der Waals surface area contributed by atoms with Gasteiger partial charge in [0.1, 0.15) is 11.4 Å². The summed E-state index contributed by atoms with van der Waals surface area (Å²) in [6, 6.07) is 12.5. The predicted octanol–water partition coefficient (Wildman–Crippen LogP) is 5.85. The van der Waals surface area contributed by atoms with Gasteiger partial charge in [-0.05, 0) is 61.2 Å². The van der Waals surface area contributed by atoms with Crippen LogP contribution < -0.4 is 4.74 Å². The molecular weight excluding hydrogens is 348 g/mol. The highest BCUT2D eigenvalue weighted by molar-refractivity contribution is 9.09. The van der Waals surface area contributed by atoms with Crippen LogP contribution in [0.5, 0.6) is 5.75 Å². The Balaban J connectivity index is 1.97. The topological polar surface area (TPSA) is 9.23 Å². The molecule has 0 saturated heterocycles. The van der Waals surface area contributed by atoms with Gasteiger partial charge in [-0.2, -0.15) is 0 Å². The molecule has 0 radical (unpaired) electrons. The van der Waals surface area contributed by atoms with Gasteiger partial charge >= 0.3 is 0 Å². The van der Waals surface area contributed by atoms with Crippen LogP contribution in [0.3, 0.4) is 0 Å². The van der Waals surface area contributed by atoms with Crippen LogP contribution in [0, 0.1) is 6.92 Å². The summed E-state index contributed by atoms with van der Waals surface area (Å²) >= 11 is 9.96. The largest absolute Gasteiger partial charge is 0.487 e. The number of rotatable bonds is 2. The molecule has 1 aliphatic rings. The van der Waals surface area contributed by atoms with Gasteiger partial charge in [-0.25, -0.2) is 0 Å². The van der Waals surface area contributed by atoms with Gasteiger partial charge in [0.15, 0.2) is 0 Å². The van der Waals surface area contributed by atoms with Gasteiger partial charge in [0, 0.05) is 11.4 Å². The highest BCUT2D eigenvalue weighted by atomic mass is 79.9. The second-order valence-electron chi connectivity index (χ2n) is 6.27. The molecule has 0 saturated carbocycles. The number of aryl methyl sites for hydroxylation is 1. The van der Waals surface area contributed by atoms with Crippen molar-refractivity contribution >= 4 is 27.5 Å². The fraction of sp³-hybridized carbons (Fsp3) is 0.333. The van der Waals surface area contributed by atoms with E-state index in [0.717, 1.165) is 17.2 Å². The van der Waals surface area contributed by atoms with E-state index in [1.807, 2.05) is 12.1 Å². The molecule has 3 rings (SSSR count). The first-order valence-corrected chi connectivity index (χ1v) is 8.37. The van der Waals surface area contributed by atoms with Crippen LogP contribution in [0.15, 0.2) is 36.4 Å². The smallest absolute Gasteiger partial charge is 0.123 e. The average molecular weight is 366 g/mol. The van der Waals surface area contributed by atoms with Crippen molar-refractivity contribution in [2.75, 3.05) is 0 Å². The normalized spacial score (nSPS) is 17.2. The Hall–Kier alpha value is -0.990. The van der Waals surface area contributed by atoms with Gasteiger partial charge in [0.05, 0.1) is 4.83 Å². The zero-order valence-electron chi connectivity index (χ0n) is 12.4. The van der Waals surface area contributed by atoms with E-state index in [1.54, 1.807) is 0 Å². The molecule has 0 spiro atoms. The molecule has 2 aromatic rings. The van der Waals surface area contributed by atoms with E-state index in [2.05, 4.69) is 61.0 Å². The summed E-state index contributed by atoms with van der Waals surface area (Å²) in [6.07, 6.45) is 0.949. The lowest BCUT2D eigenvalue weighted by molar-refractivity contribution is 0.138.